The Morgan fingerprint density at radius 1 is 1.31 bits per heavy atom. The highest BCUT2D eigenvalue weighted by Crippen LogP contribution is 2.30. The number of hydrogen-bond donors (Lipinski definition) is 1. The zero-order chi connectivity index (χ0) is 20.8. The van der Waals surface area contributed by atoms with Crippen LogP contribution in [0, 0.1) is 10.1 Å². The van der Waals surface area contributed by atoms with Crippen LogP contribution in [0.5, 0.6) is 5.75 Å². The number of halogens is 1. The Morgan fingerprint density at radius 3 is 2.86 bits per heavy atom. The first-order chi connectivity index (χ1) is 14.0. The molecule has 0 aliphatic heterocycles. The minimum atomic E-state index is -0.576. The fraction of sp³-hybridized carbons (Fsp3) is 0.167. The van der Waals surface area contributed by atoms with E-state index in [2.05, 4.69) is 31.4 Å². The van der Waals surface area contributed by atoms with Crippen molar-refractivity contribution in [2.75, 3.05) is 17.7 Å². The summed E-state index contributed by atoms with van der Waals surface area (Å²) in [7, 11) is 0. The Bertz CT molecular complexity index is 1040. The number of nitrogens with zero attached hydrogens (tertiary/aromatic N) is 3. The van der Waals surface area contributed by atoms with Crippen LogP contribution in [0.2, 0.25) is 0 Å². The molecule has 9 nitrogen and oxygen atoms in total. The molecule has 0 saturated heterocycles. The Labute approximate surface area is 178 Å². The zero-order valence-electron chi connectivity index (χ0n) is 15.1. The summed E-state index contributed by atoms with van der Waals surface area (Å²) < 4.78 is 11.7. The Hall–Kier alpha value is -2.92. The molecular formula is C18H15BrN4O5S. The number of benzene rings is 2. The van der Waals surface area contributed by atoms with Gasteiger partial charge in [-0.3, -0.25) is 14.9 Å². The normalized spacial score (nSPS) is 10.6. The largest absolute Gasteiger partial charge is 0.494 e. The Morgan fingerprint density at radius 2 is 2.14 bits per heavy atom. The third-order valence-electron chi connectivity index (χ3n) is 3.56. The number of nitro benzene ring substituents is 1. The molecule has 3 aromatic rings. The van der Waals surface area contributed by atoms with Crippen LogP contribution in [0.4, 0.5) is 11.4 Å². The van der Waals surface area contributed by atoms with E-state index in [-0.39, 0.29) is 22.4 Å². The van der Waals surface area contributed by atoms with Crippen molar-refractivity contribution >= 4 is 45.0 Å². The van der Waals surface area contributed by atoms with Crippen LogP contribution in [-0.2, 0) is 4.79 Å². The number of ether oxygens (including phenoxy) is 1. The van der Waals surface area contributed by atoms with Gasteiger partial charge in [0.15, 0.2) is 0 Å². The molecular weight excluding hydrogens is 464 g/mol. The van der Waals surface area contributed by atoms with Gasteiger partial charge in [-0.05, 0) is 37.3 Å². The predicted molar refractivity (Wildman–Crippen MR) is 111 cm³/mol. The number of nitrogens with one attached hydrogen (secondary N) is 1. The summed E-state index contributed by atoms with van der Waals surface area (Å²) in [6.45, 7) is 2.16. The number of anilines is 1. The number of rotatable bonds is 8. The monoisotopic (exact) mass is 478 g/mol. The van der Waals surface area contributed by atoms with Gasteiger partial charge < -0.3 is 14.5 Å². The van der Waals surface area contributed by atoms with E-state index < -0.39 is 10.8 Å². The van der Waals surface area contributed by atoms with E-state index in [1.807, 2.05) is 24.3 Å². The van der Waals surface area contributed by atoms with Gasteiger partial charge in [0.05, 0.1) is 23.3 Å². The van der Waals surface area contributed by atoms with Crippen LogP contribution in [0.3, 0.4) is 0 Å². The number of carbonyl (C=O) groups excluding carboxylic acids is 1. The summed E-state index contributed by atoms with van der Waals surface area (Å²) in [5, 5.41) is 21.9. The highest BCUT2D eigenvalue weighted by Gasteiger charge is 2.18. The molecule has 0 saturated carbocycles. The lowest BCUT2D eigenvalue weighted by atomic mass is 10.2. The fourth-order valence-electron chi connectivity index (χ4n) is 2.34. The number of thioether (sulfide) groups is 1. The smallest absolute Gasteiger partial charge is 0.296 e. The quantitative estimate of drug-likeness (QED) is 0.284. The van der Waals surface area contributed by atoms with Gasteiger partial charge in [-0.2, -0.15) is 0 Å². The Balaban J connectivity index is 1.63. The van der Waals surface area contributed by atoms with Crippen molar-refractivity contribution in [2.24, 2.45) is 0 Å². The summed E-state index contributed by atoms with van der Waals surface area (Å²) in [5.74, 6) is 0.197. The van der Waals surface area contributed by atoms with Crippen LogP contribution in [-0.4, -0.2) is 33.4 Å². The third kappa shape index (κ3) is 5.55. The second-order valence-corrected chi connectivity index (χ2v) is 7.43. The molecule has 0 unspecified atom stereocenters. The molecule has 1 aromatic heterocycles. The molecule has 0 aliphatic carbocycles. The van der Waals surface area contributed by atoms with Gasteiger partial charge in [0.1, 0.15) is 11.4 Å². The van der Waals surface area contributed by atoms with Gasteiger partial charge in [-0.25, -0.2) is 0 Å². The van der Waals surface area contributed by atoms with Crippen LogP contribution < -0.4 is 10.1 Å². The minimum absolute atomic E-state index is 0.0511. The van der Waals surface area contributed by atoms with E-state index in [0.717, 1.165) is 21.8 Å². The predicted octanol–water partition coefficient (Wildman–Crippen LogP) is 4.54. The summed E-state index contributed by atoms with van der Waals surface area (Å²) >= 11 is 4.41. The molecule has 2 aromatic carbocycles. The number of hydrogen-bond acceptors (Lipinski definition) is 8. The summed E-state index contributed by atoms with van der Waals surface area (Å²) in [6.07, 6.45) is 0. The number of carbonyl (C=O) groups is 1. The van der Waals surface area contributed by atoms with Gasteiger partial charge in [0.2, 0.25) is 11.8 Å². The molecule has 1 amide bonds. The lowest BCUT2D eigenvalue weighted by molar-refractivity contribution is -0.384. The number of aromatic nitrogens is 2. The van der Waals surface area contributed by atoms with E-state index in [0.29, 0.717) is 18.2 Å². The summed E-state index contributed by atoms with van der Waals surface area (Å²) in [5.41, 5.74) is 0.585. The van der Waals surface area contributed by atoms with Gasteiger partial charge in [0, 0.05) is 10.0 Å². The molecule has 0 aliphatic rings. The molecule has 1 N–H and O–H groups in total. The SMILES string of the molecule is CCOc1ccc(NC(=O)CSc2nnc(-c3cccc(Br)c3)o2)c([N+](=O)[O-])c1. The average molecular weight is 479 g/mol. The number of amides is 1. The Kier molecular flexibility index (Phi) is 6.83. The molecule has 29 heavy (non-hydrogen) atoms. The van der Waals surface area contributed by atoms with Crippen molar-refractivity contribution in [3.05, 3.63) is 57.1 Å². The maximum atomic E-state index is 12.2. The first-order valence-corrected chi connectivity index (χ1v) is 10.2. The highest BCUT2D eigenvalue weighted by molar-refractivity contribution is 9.10. The van der Waals surface area contributed by atoms with Gasteiger partial charge in [-0.1, -0.05) is 33.8 Å². The molecule has 3 rings (SSSR count). The zero-order valence-corrected chi connectivity index (χ0v) is 17.5. The van der Waals surface area contributed by atoms with E-state index >= 15 is 0 Å². The van der Waals surface area contributed by atoms with Gasteiger partial charge >= 0.3 is 0 Å². The second kappa shape index (κ2) is 9.52. The van der Waals surface area contributed by atoms with Crippen LogP contribution in [0.1, 0.15) is 6.92 Å². The molecule has 1 heterocycles. The first kappa shape index (κ1) is 20.8. The van der Waals surface area contributed by atoms with Gasteiger partial charge in [-0.15, -0.1) is 10.2 Å². The molecule has 11 heteroatoms. The average Bonchev–Trinajstić information content (AvgIpc) is 3.17. The second-order valence-electron chi connectivity index (χ2n) is 5.59. The number of nitro groups is 1. The molecule has 0 radical (unpaired) electrons. The van der Waals surface area contributed by atoms with E-state index in [1.165, 1.54) is 12.1 Å². The van der Waals surface area contributed by atoms with Crippen molar-refractivity contribution in [3.63, 3.8) is 0 Å². The minimum Gasteiger partial charge on any atom is -0.494 e. The lowest BCUT2D eigenvalue weighted by Gasteiger charge is -2.07. The van der Waals surface area contributed by atoms with Crippen LogP contribution in [0.15, 0.2) is 56.6 Å². The van der Waals surface area contributed by atoms with Gasteiger partial charge in [0.25, 0.3) is 10.9 Å². The lowest BCUT2D eigenvalue weighted by Crippen LogP contribution is -2.15. The summed E-state index contributed by atoms with van der Waals surface area (Å²) in [4.78, 5) is 22.9. The first-order valence-electron chi connectivity index (χ1n) is 8.39. The molecule has 0 bridgehead atoms. The van der Waals surface area contributed by atoms with Crippen molar-refractivity contribution in [1.29, 1.82) is 0 Å². The highest BCUT2D eigenvalue weighted by atomic mass is 79.9. The topological polar surface area (TPSA) is 120 Å². The van der Waals surface area contributed by atoms with Crippen LogP contribution >= 0.6 is 27.7 Å². The van der Waals surface area contributed by atoms with Crippen molar-refractivity contribution < 1.29 is 18.9 Å². The third-order valence-corrected chi connectivity index (χ3v) is 4.87. The maximum Gasteiger partial charge on any atom is 0.296 e. The van der Waals surface area contributed by atoms with Crippen molar-refractivity contribution in [2.45, 2.75) is 12.1 Å². The van der Waals surface area contributed by atoms with Crippen molar-refractivity contribution in [1.82, 2.24) is 10.2 Å². The standard InChI is InChI=1S/C18H15BrN4O5S/c1-2-27-13-6-7-14(15(9-13)23(25)26)20-16(24)10-29-18-22-21-17(28-18)11-4-3-5-12(19)8-11/h3-9H,2,10H2,1H3,(H,20,24). The van der Waals surface area contributed by atoms with E-state index in [9.17, 15) is 14.9 Å². The summed E-state index contributed by atoms with van der Waals surface area (Å²) in [6, 6.07) is 11.6. The van der Waals surface area contributed by atoms with E-state index in [4.69, 9.17) is 9.15 Å². The fourth-order valence-corrected chi connectivity index (χ4v) is 3.31. The van der Waals surface area contributed by atoms with E-state index in [1.54, 1.807) is 13.0 Å². The molecule has 0 atom stereocenters. The van der Waals surface area contributed by atoms with Crippen molar-refractivity contribution in [3.8, 4) is 17.2 Å². The van der Waals surface area contributed by atoms with Crippen LogP contribution in [0.25, 0.3) is 11.5 Å². The maximum absolute atomic E-state index is 12.2. The molecule has 0 fully saturated rings. The molecule has 0 spiro atoms. The molecule has 150 valence electrons.